The van der Waals surface area contributed by atoms with E-state index in [2.05, 4.69) is 17.6 Å². The maximum absolute atomic E-state index is 11.4. The SMILES string of the molecule is CCCCNC(=O)CNC(CCO)COC. The summed E-state index contributed by atoms with van der Waals surface area (Å²) in [6.45, 7) is 3.69. The Bertz CT molecular complexity index is 171. The first-order chi connectivity index (χ1) is 7.74. The Morgan fingerprint density at radius 1 is 1.50 bits per heavy atom. The van der Waals surface area contributed by atoms with Crippen molar-refractivity contribution >= 4 is 5.91 Å². The molecule has 16 heavy (non-hydrogen) atoms. The van der Waals surface area contributed by atoms with Crippen molar-refractivity contribution in [3.63, 3.8) is 0 Å². The first kappa shape index (κ1) is 15.3. The topological polar surface area (TPSA) is 70.6 Å². The summed E-state index contributed by atoms with van der Waals surface area (Å²) in [5.41, 5.74) is 0. The average Bonchev–Trinajstić information content (AvgIpc) is 2.27. The minimum Gasteiger partial charge on any atom is -0.396 e. The number of amides is 1. The minimum absolute atomic E-state index is 0.00695. The van der Waals surface area contributed by atoms with E-state index in [1.807, 2.05) is 0 Å². The smallest absolute Gasteiger partial charge is 0.233 e. The number of carbonyl (C=O) groups is 1. The van der Waals surface area contributed by atoms with Gasteiger partial charge in [-0.05, 0) is 12.8 Å². The molecule has 0 saturated heterocycles. The van der Waals surface area contributed by atoms with Gasteiger partial charge in [0.25, 0.3) is 0 Å². The van der Waals surface area contributed by atoms with Crippen molar-refractivity contribution in [2.75, 3.05) is 33.4 Å². The number of rotatable bonds is 10. The molecule has 0 saturated carbocycles. The third kappa shape index (κ3) is 8.64. The molecule has 0 rings (SSSR count). The van der Waals surface area contributed by atoms with Crippen LogP contribution in [0.25, 0.3) is 0 Å². The maximum Gasteiger partial charge on any atom is 0.233 e. The van der Waals surface area contributed by atoms with Gasteiger partial charge in [0, 0.05) is 26.3 Å². The van der Waals surface area contributed by atoms with Gasteiger partial charge in [-0.3, -0.25) is 4.79 Å². The molecular formula is C11H24N2O3. The van der Waals surface area contributed by atoms with Gasteiger partial charge in [0.05, 0.1) is 13.2 Å². The Hall–Kier alpha value is -0.650. The molecule has 1 unspecified atom stereocenters. The van der Waals surface area contributed by atoms with Gasteiger partial charge in [0.1, 0.15) is 0 Å². The molecule has 0 aromatic heterocycles. The summed E-state index contributed by atoms with van der Waals surface area (Å²) in [4.78, 5) is 11.4. The van der Waals surface area contributed by atoms with Gasteiger partial charge in [0.2, 0.25) is 5.91 Å². The van der Waals surface area contributed by atoms with Crippen molar-refractivity contribution in [3.8, 4) is 0 Å². The lowest BCUT2D eigenvalue weighted by Crippen LogP contribution is -2.41. The highest BCUT2D eigenvalue weighted by molar-refractivity contribution is 5.77. The summed E-state index contributed by atoms with van der Waals surface area (Å²) >= 11 is 0. The van der Waals surface area contributed by atoms with Crippen LogP contribution < -0.4 is 10.6 Å². The molecule has 0 bridgehead atoms. The minimum atomic E-state index is -0.00695. The Kier molecular flexibility index (Phi) is 10.4. The molecule has 0 radical (unpaired) electrons. The Morgan fingerprint density at radius 2 is 2.25 bits per heavy atom. The third-order valence-electron chi connectivity index (χ3n) is 2.25. The van der Waals surface area contributed by atoms with Crippen LogP contribution in [0.2, 0.25) is 0 Å². The average molecular weight is 232 g/mol. The third-order valence-corrected chi connectivity index (χ3v) is 2.25. The van der Waals surface area contributed by atoms with Gasteiger partial charge in [-0.1, -0.05) is 13.3 Å². The molecule has 0 aromatic rings. The Morgan fingerprint density at radius 3 is 2.81 bits per heavy atom. The fourth-order valence-electron chi connectivity index (χ4n) is 1.31. The highest BCUT2D eigenvalue weighted by Gasteiger charge is 2.08. The van der Waals surface area contributed by atoms with E-state index in [1.165, 1.54) is 0 Å². The van der Waals surface area contributed by atoms with Crippen LogP contribution >= 0.6 is 0 Å². The molecule has 0 heterocycles. The number of hydrogen-bond donors (Lipinski definition) is 3. The standard InChI is InChI=1S/C11H24N2O3/c1-3-4-6-12-11(15)8-13-10(5-7-14)9-16-2/h10,13-14H,3-9H2,1-2H3,(H,12,15). The lowest BCUT2D eigenvalue weighted by atomic mass is 10.2. The van der Waals surface area contributed by atoms with Gasteiger partial charge in [-0.2, -0.15) is 0 Å². The quantitative estimate of drug-likeness (QED) is 0.460. The van der Waals surface area contributed by atoms with Crippen molar-refractivity contribution in [1.82, 2.24) is 10.6 Å². The van der Waals surface area contributed by atoms with Crippen LogP contribution in [0.3, 0.4) is 0 Å². The predicted molar refractivity (Wildman–Crippen MR) is 63.3 cm³/mol. The number of aliphatic hydroxyl groups is 1. The number of carbonyl (C=O) groups excluding carboxylic acids is 1. The number of aliphatic hydroxyl groups excluding tert-OH is 1. The van der Waals surface area contributed by atoms with Gasteiger partial charge in [-0.25, -0.2) is 0 Å². The molecule has 3 N–H and O–H groups in total. The van der Waals surface area contributed by atoms with Crippen LogP contribution in [-0.2, 0) is 9.53 Å². The van der Waals surface area contributed by atoms with Gasteiger partial charge in [0.15, 0.2) is 0 Å². The normalized spacial score (nSPS) is 12.4. The molecule has 1 amide bonds. The summed E-state index contributed by atoms with van der Waals surface area (Å²) < 4.78 is 4.98. The van der Waals surface area contributed by atoms with E-state index < -0.39 is 0 Å². The summed E-state index contributed by atoms with van der Waals surface area (Å²) in [6, 6.07) is 0.0342. The second-order valence-corrected chi connectivity index (χ2v) is 3.75. The number of methoxy groups -OCH3 is 1. The predicted octanol–water partition coefficient (Wildman–Crippen LogP) is -0.110. The van der Waals surface area contributed by atoms with E-state index in [4.69, 9.17) is 9.84 Å². The van der Waals surface area contributed by atoms with Crippen LogP contribution in [0.15, 0.2) is 0 Å². The molecule has 5 nitrogen and oxygen atoms in total. The number of unbranched alkanes of at least 4 members (excludes halogenated alkanes) is 1. The van der Waals surface area contributed by atoms with Gasteiger partial charge in [-0.15, -0.1) is 0 Å². The second kappa shape index (κ2) is 10.9. The first-order valence-electron chi connectivity index (χ1n) is 5.84. The number of ether oxygens (including phenoxy) is 1. The zero-order valence-corrected chi connectivity index (χ0v) is 10.3. The molecule has 0 aliphatic rings. The summed E-state index contributed by atoms with van der Waals surface area (Å²) in [7, 11) is 1.60. The summed E-state index contributed by atoms with van der Waals surface area (Å²) in [5.74, 6) is -0.00695. The zero-order chi connectivity index (χ0) is 12.2. The van der Waals surface area contributed by atoms with Crippen LogP contribution in [0.1, 0.15) is 26.2 Å². The fraction of sp³-hybridized carbons (Fsp3) is 0.909. The lowest BCUT2D eigenvalue weighted by molar-refractivity contribution is -0.120. The van der Waals surface area contributed by atoms with Gasteiger partial charge >= 0.3 is 0 Å². The summed E-state index contributed by atoms with van der Waals surface area (Å²) in [6.07, 6.45) is 2.67. The Balaban J connectivity index is 3.60. The van der Waals surface area contributed by atoms with Crippen LogP contribution in [0.4, 0.5) is 0 Å². The zero-order valence-electron chi connectivity index (χ0n) is 10.3. The maximum atomic E-state index is 11.4. The van der Waals surface area contributed by atoms with Crippen molar-refractivity contribution in [3.05, 3.63) is 0 Å². The van der Waals surface area contributed by atoms with Crippen molar-refractivity contribution < 1.29 is 14.6 Å². The fourth-order valence-corrected chi connectivity index (χ4v) is 1.31. The van der Waals surface area contributed by atoms with Crippen LogP contribution in [-0.4, -0.2) is 50.5 Å². The van der Waals surface area contributed by atoms with E-state index in [9.17, 15) is 4.79 Å². The largest absolute Gasteiger partial charge is 0.396 e. The highest BCUT2D eigenvalue weighted by Crippen LogP contribution is 1.91. The van der Waals surface area contributed by atoms with E-state index in [-0.39, 0.29) is 25.1 Å². The molecule has 0 aliphatic carbocycles. The van der Waals surface area contributed by atoms with Crippen molar-refractivity contribution in [2.24, 2.45) is 0 Å². The Labute approximate surface area is 97.6 Å². The van der Waals surface area contributed by atoms with Crippen LogP contribution in [0.5, 0.6) is 0 Å². The lowest BCUT2D eigenvalue weighted by Gasteiger charge is -2.16. The summed E-state index contributed by atoms with van der Waals surface area (Å²) in [5, 5.41) is 14.7. The first-order valence-corrected chi connectivity index (χ1v) is 5.84. The second-order valence-electron chi connectivity index (χ2n) is 3.75. The van der Waals surface area contributed by atoms with Crippen molar-refractivity contribution in [2.45, 2.75) is 32.2 Å². The van der Waals surface area contributed by atoms with E-state index in [0.717, 1.165) is 19.4 Å². The van der Waals surface area contributed by atoms with E-state index in [1.54, 1.807) is 7.11 Å². The van der Waals surface area contributed by atoms with E-state index >= 15 is 0 Å². The monoisotopic (exact) mass is 232 g/mol. The molecule has 5 heteroatoms. The highest BCUT2D eigenvalue weighted by atomic mass is 16.5. The molecule has 0 aromatic carbocycles. The molecule has 0 fully saturated rings. The molecule has 0 spiro atoms. The molecule has 96 valence electrons. The molecular weight excluding hydrogens is 208 g/mol. The van der Waals surface area contributed by atoms with Crippen LogP contribution in [0, 0.1) is 0 Å². The number of nitrogens with one attached hydrogen (secondary N) is 2. The molecule has 1 atom stereocenters. The van der Waals surface area contributed by atoms with Crippen molar-refractivity contribution in [1.29, 1.82) is 0 Å². The van der Waals surface area contributed by atoms with Gasteiger partial charge < -0.3 is 20.5 Å². The number of hydrogen-bond acceptors (Lipinski definition) is 4. The molecule has 0 aliphatic heterocycles. The van der Waals surface area contributed by atoms with E-state index in [0.29, 0.717) is 13.0 Å².